The monoisotopic (exact) mass is 445 g/mol. The summed E-state index contributed by atoms with van der Waals surface area (Å²) in [4.78, 5) is 21.8. The molecule has 168 valence electrons. The molecule has 0 unspecified atom stereocenters. The second kappa shape index (κ2) is 8.99. The van der Waals surface area contributed by atoms with E-state index in [9.17, 15) is 9.90 Å². The number of nitrogens with one attached hydrogen (secondary N) is 1. The van der Waals surface area contributed by atoms with Gasteiger partial charge in [-0.15, -0.1) is 0 Å². The van der Waals surface area contributed by atoms with Crippen molar-refractivity contribution in [2.75, 3.05) is 19.6 Å². The first-order valence-corrected chi connectivity index (χ1v) is 10.1. The fourth-order valence-corrected chi connectivity index (χ4v) is 3.62. The third-order valence-electron chi connectivity index (χ3n) is 5.07. The number of aromatic hydroxyl groups is 1. The standard InChI is InChI=1S/C24H23N5O4/c1-14-11-15(2)27-24(26-14)28-25-13-19-17-7-5-6-8-18(17)22(30)29(23(19)31)16-9-10-20(32-3)21(12-16)33-4/h5-13,31H,1-4H3,(H,26,27,28)/b25-13+. The smallest absolute Gasteiger partial charge is 0.265 e. The molecule has 33 heavy (non-hydrogen) atoms. The Labute approximate surface area is 190 Å². The Hall–Kier alpha value is -4.40. The molecule has 0 aliphatic rings. The molecule has 2 N–H and O–H groups in total. The number of rotatable bonds is 6. The van der Waals surface area contributed by atoms with Gasteiger partial charge in [0, 0.05) is 28.2 Å². The highest BCUT2D eigenvalue weighted by molar-refractivity contribution is 6.01. The maximum absolute atomic E-state index is 13.3. The minimum atomic E-state index is -0.377. The Morgan fingerprint density at radius 1 is 0.970 bits per heavy atom. The Balaban J connectivity index is 1.86. The summed E-state index contributed by atoms with van der Waals surface area (Å²) in [5, 5.41) is 16.3. The number of hydrogen-bond donors (Lipinski definition) is 2. The topological polar surface area (TPSA) is 111 Å². The van der Waals surface area contributed by atoms with Crippen LogP contribution in [0.2, 0.25) is 0 Å². The minimum absolute atomic E-state index is 0.266. The van der Waals surface area contributed by atoms with E-state index in [0.29, 0.717) is 39.5 Å². The van der Waals surface area contributed by atoms with Crippen LogP contribution in [0.25, 0.3) is 16.5 Å². The van der Waals surface area contributed by atoms with Crippen molar-refractivity contribution in [3.8, 4) is 23.1 Å². The van der Waals surface area contributed by atoms with Gasteiger partial charge in [0.15, 0.2) is 11.5 Å². The van der Waals surface area contributed by atoms with Crippen LogP contribution in [0.5, 0.6) is 17.4 Å². The van der Waals surface area contributed by atoms with Gasteiger partial charge in [-0.1, -0.05) is 18.2 Å². The van der Waals surface area contributed by atoms with E-state index < -0.39 is 0 Å². The molecule has 9 heteroatoms. The second-order valence-electron chi connectivity index (χ2n) is 7.31. The summed E-state index contributed by atoms with van der Waals surface area (Å²) in [6, 6.07) is 13.8. The number of hydrogen-bond acceptors (Lipinski definition) is 8. The van der Waals surface area contributed by atoms with Crippen molar-refractivity contribution in [1.29, 1.82) is 0 Å². The fraction of sp³-hybridized carbons (Fsp3) is 0.167. The zero-order valence-electron chi connectivity index (χ0n) is 18.7. The van der Waals surface area contributed by atoms with E-state index >= 15 is 0 Å². The Bertz CT molecular complexity index is 1410. The van der Waals surface area contributed by atoms with Gasteiger partial charge in [-0.05, 0) is 38.1 Å². The highest BCUT2D eigenvalue weighted by Crippen LogP contribution is 2.32. The molecule has 4 rings (SSSR count). The second-order valence-corrected chi connectivity index (χ2v) is 7.31. The number of pyridine rings is 1. The lowest BCUT2D eigenvalue weighted by molar-refractivity contribution is 0.354. The summed E-state index contributed by atoms with van der Waals surface area (Å²) in [5.41, 5.74) is 4.79. The average Bonchev–Trinajstić information content (AvgIpc) is 2.80. The van der Waals surface area contributed by atoms with E-state index in [1.807, 2.05) is 19.9 Å². The molecule has 2 aromatic heterocycles. The van der Waals surface area contributed by atoms with E-state index in [1.54, 1.807) is 42.5 Å². The zero-order chi connectivity index (χ0) is 23.5. The average molecular weight is 445 g/mol. The van der Waals surface area contributed by atoms with Crippen LogP contribution >= 0.6 is 0 Å². The number of fused-ring (bicyclic) bond motifs is 1. The van der Waals surface area contributed by atoms with E-state index in [1.165, 1.54) is 25.0 Å². The molecule has 0 spiro atoms. The zero-order valence-corrected chi connectivity index (χ0v) is 18.7. The predicted molar refractivity (Wildman–Crippen MR) is 127 cm³/mol. The van der Waals surface area contributed by atoms with Gasteiger partial charge in [0.1, 0.15) is 0 Å². The molecular formula is C24H23N5O4. The first kappa shape index (κ1) is 21.8. The number of aromatic nitrogens is 3. The van der Waals surface area contributed by atoms with Crippen molar-refractivity contribution in [3.05, 3.63) is 75.8 Å². The van der Waals surface area contributed by atoms with Crippen molar-refractivity contribution in [2.24, 2.45) is 5.10 Å². The van der Waals surface area contributed by atoms with Gasteiger partial charge < -0.3 is 14.6 Å². The number of anilines is 1. The number of methoxy groups -OCH3 is 2. The summed E-state index contributed by atoms with van der Waals surface area (Å²) in [6.07, 6.45) is 1.44. The summed E-state index contributed by atoms with van der Waals surface area (Å²) in [5.74, 6) is 1.01. The summed E-state index contributed by atoms with van der Waals surface area (Å²) in [6.45, 7) is 3.73. The third-order valence-corrected chi connectivity index (χ3v) is 5.07. The number of ether oxygens (including phenoxy) is 2. The van der Waals surface area contributed by atoms with Gasteiger partial charge >= 0.3 is 0 Å². The van der Waals surface area contributed by atoms with Gasteiger partial charge in [-0.2, -0.15) is 5.10 Å². The molecule has 0 fully saturated rings. The number of nitrogens with zero attached hydrogens (tertiary/aromatic N) is 4. The Morgan fingerprint density at radius 3 is 2.30 bits per heavy atom. The van der Waals surface area contributed by atoms with Crippen LogP contribution in [0.3, 0.4) is 0 Å². The lowest BCUT2D eigenvalue weighted by Gasteiger charge is -2.15. The van der Waals surface area contributed by atoms with Crippen LogP contribution in [0, 0.1) is 13.8 Å². The predicted octanol–water partition coefficient (Wildman–Crippen LogP) is 3.57. The molecule has 0 bridgehead atoms. The summed E-state index contributed by atoms with van der Waals surface area (Å²) in [7, 11) is 3.03. The molecule has 0 saturated heterocycles. The molecule has 4 aromatic rings. The lowest BCUT2D eigenvalue weighted by Crippen LogP contribution is -2.20. The van der Waals surface area contributed by atoms with Crippen LogP contribution in [0.4, 0.5) is 5.95 Å². The van der Waals surface area contributed by atoms with E-state index in [-0.39, 0.29) is 11.4 Å². The van der Waals surface area contributed by atoms with E-state index in [0.717, 1.165) is 11.4 Å². The first-order valence-electron chi connectivity index (χ1n) is 10.1. The minimum Gasteiger partial charge on any atom is -0.494 e. The molecule has 2 heterocycles. The molecule has 0 amide bonds. The molecule has 0 saturated carbocycles. The van der Waals surface area contributed by atoms with Crippen molar-refractivity contribution in [3.63, 3.8) is 0 Å². The lowest BCUT2D eigenvalue weighted by atomic mass is 10.1. The van der Waals surface area contributed by atoms with Gasteiger partial charge in [0.05, 0.1) is 31.7 Å². The normalized spacial score (nSPS) is 11.2. The van der Waals surface area contributed by atoms with Crippen LogP contribution in [0.15, 0.2) is 58.4 Å². The van der Waals surface area contributed by atoms with Crippen LogP contribution in [-0.4, -0.2) is 40.1 Å². The summed E-state index contributed by atoms with van der Waals surface area (Å²) < 4.78 is 11.8. The van der Waals surface area contributed by atoms with Gasteiger partial charge in [-0.3, -0.25) is 4.79 Å². The van der Waals surface area contributed by atoms with Crippen molar-refractivity contribution >= 4 is 22.9 Å². The molecule has 2 aromatic carbocycles. The summed E-state index contributed by atoms with van der Waals surface area (Å²) >= 11 is 0. The molecule has 0 aliphatic heterocycles. The number of aryl methyl sites for hydroxylation is 2. The Kier molecular flexibility index (Phi) is 5.95. The van der Waals surface area contributed by atoms with Crippen molar-refractivity contribution < 1.29 is 14.6 Å². The third kappa shape index (κ3) is 4.20. The number of hydrazone groups is 1. The van der Waals surface area contributed by atoms with Crippen LogP contribution in [-0.2, 0) is 0 Å². The molecular weight excluding hydrogens is 422 g/mol. The quantitative estimate of drug-likeness (QED) is 0.345. The fourth-order valence-electron chi connectivity index (χ4n) is 3.62. The maximum Gasteiger partial charge on any atom is 0.265 e. The largest absolute Gasteiger partial charge is 0.494 e. The highest BCUT2D eigenvalue weighted by Gasteiger charge is 2.17. The van der Waals surface area contributed by atoms with Gasteiger partial charge in [0.25, 0.3) is 5.56 Å². The first-order chi connectivity index (χ1) is 15.9. The van der Waals surface area contributed by atoms with Crippen molar-refractivity contribution in [2.45, 2.75) is 13.8 Å². The molecule has 0 atom stereocenters. The van der Waals surface area contributed by atoms with Crippen LogP contribution < -0.4 is 20.5 Å². The van der Waals surface area contributed by atoms with E-state index in [2.05, 4.69) is 20.5 Å². The SMILES string of the molecule is COc1ccc(-n2c(O)c(/C=N/Nc3nc(C)cc(C)n3)c3ccccc3c2=O)cc1OC. The van der Waals surface area contributed by atoms with Crippen LogP contribution in [0.1, 0.15) is 17.0 Å². The number of benzene rings is 2. The molecule has 0 radical (unpaired) electrons. The molecule has 0 aliphatic carbocycles. The molecule has 9 nitrogen and oxygen atoms in total. The Morgan fingerprint density at radius 2 is 1.64 bits per heavy atom. The van der Waals surface area contributed by atoms with E-state index in [4.69, 9.17) is 9.47 Å². The van der Waals surface area contributed by atoms with Crippen molar-refractivity contribution in [1.82, 2.24) is 14.5 Å². The van der Waals surface area contributed by atoms with Gasteiger partial charge in [0.2, 0.25) is 11.8 Å². The van der Waals surface area contributed by atoms with Gasteiger partial charge in [-0.25, -0.2) is 20.0 Å². The maximum atomic E-state index is 13.3. The highest BCUT2D eigenvalue weighted by atomic mass is 16.5.